The van der Waals surface area contributed by atoms with Crippen molar-refractivity contribution in [3.8, 4) is 0 Å². The molecule has 2 saturated heterocycles. The lowest BCUT2D eigenvalue weighted by atomic mass is 9.97. The van der Waals surface area contributed by atoms with Crippen LogP contribution in [0, 0.1) is 0 Å². The second kappa shape index (κ2) is 37.6. The fraction of sp³-hybridized carbons (Fsp3) is 0.784. The van der Waals surface area contributed by atoms with E-state index < -0.39 is 86.8 Å². The van der Waals surface area contributed by atoms with Crippen LogP contribution in [0.3, 0.4) is 0 Å². The molecule has 9 N–H and O–H groups in total. The van der Waals surface area contributed by atoms with Crippen LogP contribution in [0.5, 0.6) is 0 Å². The molecule has 0 bridgehead atoms. The highest BCUT2D eigenvalue weighted by Crippen LogP contribution is 2.30. The van der Waals surface area contributed by atoms with Crippen molar-refractivity contribution in [3.63, 3.8) is 0 Å². The normalized spacial score (nSPS) is 27.5. The van der Waals surface area contributed by atoms with E-state index >= 15 is 0 Å². The number of hydrogen-bond acceptors (Lipinski definition) is 13. The van der Waals surface area contributed by atoms with Crippen LogP contribution in [0.4, 0.5) is 0 Å². The zero-order valence-electron chi connectivity index (χ0n) is 39.7. The van der Waals surface area contributed by atoms with Gasteiger partial charge in [0.2, 0.25) is 5.91 Å². The van der Waals surface area contributed by atoms with Crippen LogP contribution in [0.15, 0.2) is 60.8 Å². The van der Waals surface area contributed by atoms with E-state index in [1.165, 1.54) is 70.6 Å². The molecule has 14 heteroatoms. The highest BCUT2D eigenvalue weighted by atomic mass is 16.7. The van der Waals surface area contributed by atoms with Gasteiger partial charge in [0.1, 0.15) is 48.8 Å². The molecule has 2 fully saturated rings. The Hall–Kier alpha value is -2.31. The summed E-state index contributed by atoms with van der Waals surface area (Å²) in [6.07, 6.45) is 28.3. The van der Waals surface area contributed by atoms with Gasteiger partial charge in [0, 0.05) is 6.42 Å². The lowest BCUT2D eigenvalue weighted by Crippen LogP contribution is -2.65. The second-order valence-corrected chi connectivity index (χ2v) is 17.6. The second-order valence-electron chi connectivity index (χ2n) is 17.6. The topological polar surface area (TPSA) is 228 Å². The van der Waals surface area contributed by atoms with Gasteiger partial charge in [-0.15, -0.1) is 0 Å². The first-order valence-corrected chi connectivity index (χ1v) is 25.0. The Bertz CT molecular complexity index is 1320. The van der Waals surface area contributed by atoms with Crippen LogP contribution in [-0.4, -0.2) is 140 Å². The number of carbonyl (C=O) groups is 1. The summed E-state index contributed by atoms with van der Waals surface area (Å²) in [4.78, 5) is 13.2. The van der Waals surface area contributed by atoms with E-state index in [9.17, 15) is 45.6 Å². The zero-order chi connectivity index (χ0) is 47.5. The van der Waals surface area contributed by atoms with Crippen molar-refractivity contribution in [2.24, 2.45) is 0 Å². The fourth-order valence-corrected chi connectivity index (χ4v) is 7.75. The minimum atomic E-state index is -1.79. The molecule has 0 spiro atoms. The maximum absolute atomic E-state index is 13.2. The van der Waals surface area contributed by atoms with Gasteiger partial charge in [-0.2, -0.15) is 0 Å². The lowest BCUT2D eigenvalue weighted by molar-refractivity contribution is -0.359. The molecule has 2 rings (SSSR count). The van der Waals surface area contributed by atoms with Gasteiger partial charge < -0.3 is 65.1 Å². The van der Waals surface area contributed by atoms with E-state index in [1.807, 2.05) is 6.08 Å². The molecule has 376 valence electrons. The summed E-state index contributed by atoms with van der Waals surface area (Å²) in [7, 11) is 0. The molecule has 2 heterocycles. The van der Waals surface area contributed by atoms with Crippen molar-refractivity contribution in [1.29, 1.82) is 0 Å². The van der Waals surface area contributed by atoms with Crippen LogP contribution in [0.25, 0.3) is 0 Å². The molecule has 12 atom stereocenters. The molecular formula is C51H89NO13. The van der Waals surface area contributed by atoms with Gasteiger partial charge in [-0.25, -0.2) is 0 Å². The Labute approximate surface area is 390 Å². The van der Waals surface area contributed by atoms with Crippen molar-refractivity contribution >= 4 is 5.91 Å². The van der Waals surface area contributed by atoms with Crippen molar-refractivity contribution in [3.05, 3.63) is 60.8 Å². The lowest BCUT2D eigenvalue weighted by Gasteiger charge is -2.46. The Morgan fingerprint density at radius 3 is 1.65 bits per heavy atom. The summed E-state index contributed by atoms with van der Waals surface area (Å²) in [6, 6.07) is -0.940. The van der Waals surface area contributed by atoms with Crippen LogP contribution in [0.2, 0.25) is 0 Å². The highest BCUT2D eigenvalue weighted by molar-refractivity contribution is 5.76. The van der Waals surface area contributed by atoms with Crippen molar-refractivity contribution < 1.29 is 64.6 Å². The monoisotopic (exact) mass is 924 g/mol. The molecule has 1 amide bonds. The molecule has 0 aromatic heterocycles. The minimum Gasteiger partial charge on any atom is -0.394 e. The largest absolute Gasteiger partial charge is 0.394 e. The number of aliphatic hydroxyl groups is 8. The number of aliphatic hydroxyl groups excluding tert-OH is 8. The third-order valence-corrected chi connectivity index (χ3v) is 11.9. The molecule has 14 nitrogen and oxygen atoms in total. The van der Waals surface area contributed by atoms with Crippen molar-refractivity contribution in [2.75, 3.05) is 19.8 Å². The fourth-order valence-electron chi connectivity index (χ4n) is 7.75. The Morgan fingerprint density at radius 1 is 0.554 bits per heavy atom. The SMILES string of the molecule is CCCC/C=C/CC/C=C/CC/C=C/C(O)C(COC1OC(CO)C(OC2OC(CO)C(O)C(O)C2O)C(O)C1O)NC(=O)CCCCCCCCCCC/C=C\C/C=C\CCCCC. The summed E-state index contributed by atoms with van der Waals surface area (Å²) in [5.41, 5.74) is 0. The third kappa shape index (κ3) is 25.0. The quantitative estimate of drug-likeness (QED) is 0.0248. The first-order chi connectivity index (χ1) is 31.6. The van der Waals surface area contributed by atoms with E-state index in [0.29, 0.717) is 12.8 Å². The molecular weight excluding hydrogens is 835 g/mol. The van der Waals surface area contributed by atoms with E-state index in [2.05, 4.69) is 67.8 Å². The third-order valence-electron chi connectivity index (χ3n) is 11.9. The van der Waals surface area contributed by atoms with E-state index in [4.69, 9.17) is 18.9 Å². The molecule has 12 unspecified atom stereocenters. The van der Waals surface area contributed by atoms with Gasteiger partial charge >= 0.3 is 0 Å². The maximum atomic E-state index is 13.2. The first-order valence-electron chi connectivity index (χ1n) is 25.0. The van der Waals surface area contributed by atoms with E-state index in [-0.39, 0.29) is 18.9 Å². The van der Waals surface area contributed by atoms with Crippen molar-refractivity contribution in [2.45, 2.75) is 235 Å². The number of unbranched alkanes of at least 4 members (excludes halogenated alkanes) is 16. The first kappa shape index (κ1) is 58.8. The molecule has 0 aliphatic carbocycles. The molecule has 0 radical (unpaired) electrons. The Balaban J connectivity index is 1.85. The number of rotatable bonds is 37. The predicted octanol–water partition coefficient (Wildman–Crippen LogP) is 6.27. The number of ether oxygens (including phenoxy) is 4. The summed E-state index contributed by atoms with van der Waals surface area (Å²) in [5, 5.41) is 86.6. The van der Waals surface area contributed by atoms with Gasteiger partial charge in [0.05, 0.1) is 32.0 Å². The summed E-state index contributed by atoms with van der Waals surface area (Å²) >= 11 is 0. The number of nitrogens with one attached hydrogen (secondary N) is 1. The summed E-state index contributed by atoms with van der Waals surface area (Å²) in [6.45, 7) is 2.66. The van der Waals surface area contributed by atoms with Crippen LogP contribution >= 0.6 is 0 Å². The van der Waals surface area contributed by atoms with Crippen molar-refractivity contribution in [1.82, 2.24) is 5.32 Å². The van der Waals surface area contributed by atoms with Gasteiger partial charge in [-0.05, 0) is 70.6 Å². The van der Waals surface area contributed by atoms with Crippen LogP contribution in [-0.2, 0) is 23.7 Å². The predicted molar refractivity (Wildman–Crippen MR) is 254 cm³/mol. The van der Waals surface area contributed by atoms with Crippen LogP contribution in [0.1, 0.15) is 162 Å². The van der Waals surface area contributed by atoms with E-state index in [1.54, 1.807) is 6.08 Å². The summed E-state index contributed by atoms with van der Waals surface area (Å²) in [5.74, 6) is -0.263. The molecule has 0 aromatic rings. The Morgan fingerprint density at radius 2 is 1.05 bits per heavy atom. The smallest absolute Gasteiger partial charge is 0.220 e. The summed E-state index contributed by atoms with van der Waals surface area (Å²) < 4.78 is 22.6. The number of carbonyl (C=O) groups excluding carboxylic acids is 1. The molecule has 2 aliphatic heterocycles. The maximum Gasteiger partial charge on any atom is 0.220 e. The van der Waals surface area contributed by atoms with Gasteiger partial charge in [0.25, 0.3) is 0 Å². The number of allylic oxidation sites excluding steroid dienone is 9. The standard InChI is InChI=1S/C51H89NO13/c1-3-5-7-9-11-13-15-17-18-19-20-21-22-23-25-27-29-31-33-35-43(56)52-39(40(55)34-32-30-28-26-24-16-14-12-10-8-6-4-2)38-62-50-48(61)46(59)49(42(37-54)64-50)65-51-47(60)45(58)44(57)41(36-53)63-51/h10-13,17-18,24,26,32,34,39-42,44-51,53-55,57-61H,3-9,14-16,19-23,25,27-31,33,35-38H2,1-2H3,(H,52,56)/b12-10+,13-11-,18-17-,26-24+,34-32+. The molecule has 65 heavy (non-hydrogen) atoms. The van der Waals surface area contributed by atoms with Gasteiger partial charge in [-0.3, -0.25) is 4.79 Å². The van der Waals surface area contributed by atoms with E-state index in [0.717, 1.165) is 57.8 Å². The van der Waals surface area contributed by atoms with Gasteiger partial charge in [-0.1, -0.05) is 145 Å². The molecule has 2 aliphatic rings. The number of hydrogen-bond donors (Lipinski definition) is 9. The minimum absolute atomic E-state index is 0.262. The molecule has 0 aromatic carbocycles. The average Bonchev–Trinajstić information content (AvgIpc) is 3.30. The van der Waals surface area contributed by atoms with Crippen LogP contribution < -0.4 is 5.32 Å². The average molecular weight is 924 g/mol. The molecule has 0 saturated carbocycles. The highest BCUT2D eigenvalue weighted by Gasteiger charge is 2.51. The Kier molecular flexibility index (Phi) is 34.1. The van der Waals surface area contributed by atoms with Gasteiger partial charge in [0.15, 0.2) is 12.6 Å². The number of amides is 1. The zero-order valence-corrected chi connectivity index (χ0v) is 39.7.